The number of nitrogen functional groups attached to an aromatic ring is 1. The molecule has 13 nitrogen and oxygen atoms in total. The highest BCUT2D eigenvalue weighted by molar-refractivity contribution is 7.53. The highest BCUT2D eigenvalue weighted by Crippen LogP contribution is 2.43. The number of nitrogens with two attached hydrogens (primary N) is 2. The van der Waals surface area contributed by atoms with Gasteiger partial charge in [0.2, 0.25) is 5.91 Å². The monoisotopic (exact) mass is 689 g/mol. The first-order valence-electron chi connectivity index (χ1n) is 17.5. The van der Waals surface area contributed by atoms with E-state index in [0.717, 1.165) is 18.4 Å². The first kappa shape index (κ1) is 39.3. The summed E-state index contributed by atoms with van der Waals surface area (Å²) in [5, 5.41) is 12.7. The number of carbonyl (C=O) groups is 1. The van der Waals surface area contributed by atoms with Crippen LogP contribution in [-0.2, 0) is 27.1 Å². The molecule has 2 heterocycles. The molecule has 0 fully saturated rings. The number of benzene rings is 1. The molecule has 3 atom stereocenters. The Morgan fingerprint density at radius 3 is 2.15 bits per heavy atom. The van der Waals surface area contributed by atoms with E-state index in [1.807, 2.05) is 0 Å². The molecule has 0 aliphatic rings. The maximum Gasteiger partial charge on any atom is 0.402 e. The van der Waals surface area contributed by atoms with Crippen LogP contribution < -0.4 is 21.3 Å². The summed E-state index contributed by atoms with van der Waals surface area (Å²) in [5.74, 6) is 0.192. The van der Waals surface area contributed by atoms with Gasteiger partial charge in [0.25, 0.3) is 0 Å². The fourth-order valence-electron chi connectivity index (χ4n) is 5.50. The SMILES string of the molecule is CCCCCCCCCCCCCCCCNC(=O)C(N)Cc1ccc(OP(=O)(O)CO[C@H](CO)Cn2cnc3c(N)ncnc32)cc1. The highest BCUT2D eigenvalue weighted by atomic mass is 31.2. The van der Waals surface area contributed by atoms with Crippen molar-refractivity contribution < 1.29 is 28.6 Å². The van der Waals surface area contributed by atoms with Crippen LogP contribution >= 0.6 is 7.60 Å². The summed E-state index contributed by atoms with van der Waals surface area (Å²) in [6, 6.07) is 5.79. The van der Waals surface area contributed by atoms with Crippen molar-refractivity contribution in [1.29, 1.82) is 0 Å². The fraction of sp³-hybridized carbons (Fsp3) is 0.647. The molecular formula is C34H56N7O6P. The van der Waals surface area contributed by atoms with Crippen LogP contribution in [0, 0.1) is 0 Å². The first-order valence-corrected chi connectivity index (χ1v) is 19.3. The summed E-state index contributed by atoms with van der Waals surface area (Å²) in [5.41, 5.74) is 13.6. The number of unbranched alkanes of at least 4 members (excludes halogenated alkanes) is 13. The van der Waals surface area contributed by atoms with E-state index < -0.39 is 32.7 Å². The molecule has 48 heavy (non-hydrogen) atoms. The van der Waals surface area contributed by atoms with Crippen LogP contribution in [0.15, 0.2) is 36.9 Å². The number of nitrogens with zero attached hydrogens (tertiary/aromatic N) is 4. The quantitative estimate of drug-likeness (QED) is 0.0528. The molecule has 0 aliphatic carbocycles. The summed E-state index contributed by atoms with van der Waals surface area (Å²) < 4.78 is 25.1. The summed E-state index contributed by atoms with van der Waals surface area (Å²) >= 11 is 0. The second-order valence-electron chi connectivity index (χ2n) is 12.5. The van der Waals surface area contributed by atoms with Crippen molar-refractivity contribution in [3.8, 4) is 5.75 Å². The molecule has 7 N–H and O–H groups in total. The van der Waals surface area contributed by atoms with Crippen molar-refractivity contribution in [3.63, 3.8) is 0 Å². The second-order valence-corrected chi connectivity index (χ2v) is 14.2. The number of nitrogens with one attached hydrogen (secondary N) is 1. The van der Waals surface area contributed by atoms with Crippen molar-refractivity contribution in [2.24, 2.45) is 5.73 Å². The Bertz CT molecular complexity index is 1390. The predicted molar refractivity (Wildman–Crippen MR) is 188 cm³/mol. The number of aliphatic hydroxyl groups is 1. The number of imidazole rings is 1. The lowest BCUT2D eigenvalue weighted by atomic mass is 10.0. The number of rotatable bonds is 26. The molecule has 0 aliphatic heterocycles. The Morgan fingerprint density at radius 1 is 0.938 bits per heavy atom. The van der Waals surface area contributed by atoms with Crippen molar-refractivity contribution in [3.05, 3.63) is 42.5 Å². The van der Waals surface area contributed by atoms with Gasteiger partial charge in [-0.25, -0.2) is 19.5 Å². The van der Waals surface area contributed by atoms with Crippen molar-refractivity contribution in [2.45, 2.75) is 122 Å². The van der Waals surface area contributed by atoms with E-state index in [-0.39, 0.29) is 24.0 Å². The van der Waals surface area contributed by atoms with E-state index in [0.29, 0.717) is 24.1 Å². The Balaban J connectivity index is 1.26. The van der Waals surface area contributed by atoms with Gasteiger partial charge in [0.15, 0.2) is 17.8 Å². The molecule has 14 heteroatoms. The van der Waals surface area contributed by atoms with Crippen LogP contribution in [0.2, 0.25) is 0 Å². The number of aliphatic hydroxyl groups excluding tert-OH is 1. The minimum absolute atomic E-state index is 0.116. The normalized spacial score (nSPS) is 14.1. The smallest absolute Gasteiger partial charge is 0.402 e. The molecule has 3 rings (SSSR count). The third kappa shape index (κ3) is 14.6. The lowest BCUT2D eigenvalue weighted by Crippen LogP contribution is -2.42. The maximum absolute atomic E-state index is 12.7. The van der Waals surface area contributed by atoms with Crippen molar-refractivity contribution >= 4 is 30.5 Å². The fourth-order valence-corrected chi connectivity index (χ4v) is 6.40. The largest absolute Gasteiger partial charge is 0.423 e. The number of amides is 1. The van der Waals surface area contributed by atoms with Gasteiger partial charge >= 0.3 is 7.60 Å². The van der Waals surface area contributed by atoms with E-state index in [2.05, 4.69) is 27.2 Å². The minimum atomic E-state index is -4.21. The van der Waals surface area contributed by atoms with Crippen LogP contribution in [0.1, 0.15) is 102 Å². The Kier molecular flexibility index (Phi) is 17.9. The maximum atomic E-state index is 12.7. The average molecular weight is 690 g/mol. The Hall–Kier alpha value is -3.09. The molecule has 268 valence electrons. The van der Waals surface area contributed by atoms with Gasteiger partial charge in [0, 0.05) is 6.54 Å². The zero-order chi connectivity index (χ0) is 34.6. The molecular weight excluding hydrogens is 633 g/mol. The molecule has 3 aromatic rings. The number of carbonyl (C=O) groups excluding carboxylic acids is 1. The zero-order valence-corrected chi connectivity index (χ0v) is 29.4. The van der Waals surface area contributed by atoms with Gasteiger partial charge in [-0.05, 0) is 30.5 Å². The summed E-state index contributed by atoms with van der Waals surface area (Å²) in [6.07, 6.45) is 19.7. The summed E-state index contributed by atoms with van der Waals surface area (Å²) in [4.78, 5) is 35.0. The van der Waals surface area contributed by atoms with Gasteiger partial charge in [-0.1, -0.05) is 103 Å². The Morgan fingerprint density at radius 2 is 1.54 bits per heavy atom. The topological polar surface area (TPSA) is 201 Å². The van der Waals surface area contributed by atoms with E-state index >= 15 is 0 Å². The van der Waals surface area contributed by atoms with Gasteiger partial charge in [0.1, 0.15) is 17.6 Å². The summed E-state index contributed by atoms with van der Waals surface area (Å²) in [6.45, 7) is 2.57. The summed E-state index contributed by atoms with van der Waals surface area (Å²) in [7, 11) is -4.21. The van der Waals surface area contributed by atoms with Crippen molar-refractivity contribution in [1.82, 2.24) is 24.8 Å². The second kappa shape index (κ2) is 21.8. The van der Waals surface area contributed by atoms with Gasteiger partial charge in [-0.2, -0.15) is 0 Å². The van der Waals surface area contributed by atoms with Crippen molar-refractivity contribution in [2.75, 3.05) is 25.2 Å². The Labute approximate surface area is 284 Å². The molecule has 0 saturated carbocycles. The molecule has 2 aromatic heterocycles. The van der Waals surface area contributed by atoms with E-state index in [4.69, 9.17) is 20.7 Å². The predicted octanol–water partition coefficient (Wildman–Crippen LogP) is 5.48. The van der Waals surface area contributed by atoms with E-state index in [1.54, 1.807) is 28.8 Å². The number of anilines is 1. The lowest BCUT2D eigenvalue weighted by Gasteiger charge is -2.19. The van der Waals surface area contributed by atoms with Gasteiger partial charge < -0.3 is 40.6 Å². The lowest BCUT2D eigenvalue weighted by molar-refractivity contribution is -0.122. The molecule has 0 saturated heterocycles. The number of aromatic nitrogens is 4. The standard InChI is InChI=1S/C34H56N7O6P/c1-2-3-4-5-6-7-8-9-10-11-12-13-14-15-20-37-34(43)30(35)21-27-16-18-28(19-17-27)47-48(44,45)26-46-29(23-42)22-41-25-40-31-32(36)38-24-39-33(31)41/h16-19,24-25,29-30,42H,2-15,20-23,26,35H2,1H3,(H,37,43)(H,44,45)(H2,36,38,39)/t29-,30?/m0/s1. The van der Waals surface area contributed by atoms with Crippen LogP contribution in [0.4, 0.5) is 5.82 Å². The third-order valence-corrected chi connectivity index (χ3v) is 9.27. The zero-order valence-electron chi connectivity index (χ0n) is 28.5. The first-order chi connectivity index (χ1) is 23.2. The number of hydrogen-bond acceptors (Lipinski definition) is 10. The van der Waals surface area contributed by atoms with E-state index in [9.17, 15) is 19.4 Å². The molecule has 1 aromatic carbocycles. The average Bonchev–Trinajstić information content (AvgIpc) is 3.49. The molecule has 0 spiro atoms. The number of hydrogen-bond donors (Lipinski definition) is 5. The van der Waals surface area contributed by atoms with Crippen LogP contribution in [0.5, 0.6) is 5.75 Å². The molecule has 2 unspecified atom stereocenters. The molecule has 0 bridgehead atoms. The van der Waals surface area contributed by atoms with Gasteiger partial charge in [-0.15, -0.1) is 0 Å². The third-order valence-electron chi connectivity index (χ3n) is 8.30. The highest BCUT2D eigenvalue weighted by Gasteiger charge is 2.25. The van der Waals surface area contributed by atoms with Gasteiger partial charge in [0.05, 0.1) is 31.6 Å². The van der Waals surface area contributed by atoms with E-state index in [1.165, 1.54) is 89.7 Å². The molecule has 0 radical (unpaired) electrons. The van der Waals surface area contributed by atoms with Crippen LogP contribution in [0.25, 0.3) is 11.2 Å². The van der Waals surface area contributed by atoms with Gasteiger partial charge in [-0.3, -0.25) is 4.79 Å². The number of fused-ring (bicyclic) bond motifs is 1. The minimum Gasteiger partial charge on any atom is -0.423 e. The number of ether oxygens (including phenoxy) is 1. The molecule has 1 amide bonds. The van der Waals surface area contributed by atoms with Crippen LogP contribution in [-0.4, -0.2) is 67.1 Å². The van der Waals surface area contributed by atoms with Crippen LogP contribution in [0.3, 0.4) is 0 Å².